The molecule has 0 aliphatic carbocycles. The van der Waals surface area contributed by atoms with E-state index >= 15 is 0 Å². The summed E-state index contributed by atoms with van der Waals surface area (Å²) in [6, 6.07) is 46.1. The van der Waals surface area contributed by atoms with Gasteiger partial charge in [-0.15, -0.1) is 82.6 Å². The summed E-state index contributed by atoms with van der Waals surface area (Å²) in [5.74, 6) is 0. The number of rotatable bonds is 4. The summed E-state index contributed by atoms with van der Waals surface area (Å²) in [7, 11) is -1.23. The standard InChI is InChI=1S/C23H14NS.C14H16NSi.Ir/c1-2-7-16(8-3-1)17-9-6-10-18(13-17)21-14-23-20(15-24-21)19-11-4-5-12-22(19)25-23;1-16(2,3)13-9-10-14(15-11-13)12-7-5-4-6-8-12;/h1-9,11-15H;4-7,9-11H,1-3H3;/q2*-1;. The largest absolute Gasteiger partial charge is 0.305 e. The van der Waals surface area contributed by atoms with Gasteiger partial charge in [-0.05, 0) is 28.2 Å². The zero-order valence-corrected chi connectivity index (χ0v) is 28.0. The van der Waals surface area contributed by atoms with E-state index in [1.165, 1.54) is 36.5 Å². The molecule has 0 unspecified atom stereocenters. The van der Waals surface area contributed by atoms with E-state index in [0.717, 1.165) is 22.5 Å². The van der Waals surface area contributed by atoms with Gasteiger partial charge >= 0.3 is 0 Å². The zero-order chi connectivity index (χ0) is 28.2. The van der Waals surface area contributed by atoms with Crippen molar-refractivity contribution in [2.75, 3.05) is 0 Å². The third kappa shape index (κ3) is 6.66. The fourth-order valence-electron chi connectivity index (χ4n) is 4.74. The first-order valence-corrected chi connectivity index (χ1v) is 18.1. The predicted molar refractivity (Wildman–Crippen MR) is 178 cm³/mol. The van der Waals surface area contributed by atoms with E-state index < -0.39 is 8.07 Å². The van der Waals surface area contributed by atoms with Gasteiger partial charge in [0.1, 0.15) is 0 Å². The predicted octanol–water partition coefficient (Wildman–Crippen LogP) is 9.68. The summed E-state index contributed by atoms with van der Waals surface area (Å²) < 4.78 is 2.57. The topological polar surface area (TPSA) is 25.8 Å². The van der Waals surface area contributed by atoms with Crippen LogP contribution in [0.5, 0.6) is 0 Å². The van der Waals surface area contributed by atoms with Crippen LogP contribution in [0.1, 0.15) is 0 Å². The summed E-state index contributed by atoms with van der Waals surface area (Å²) in [5.41, 5.74) is 6.46. The molecule has 7 aromatic rings. The minimum Gasteiger partial charge on any atom is -0.305 e. The summed E-state index contributed by atoms with van der Waals surface area (Å²) >= 11 is 1.82. The van der Waals surface area contributed by atoms with Gasteiger partial charge in [0, 0.05) is 52.7 Å². The monoisotopic (exact) mass is 755 g/mol. The quantitative estimate of drug-likeness (QED) is 0.132. The second-order valence-electron chi connectivity index (χ2n) is 11.0. The molecule has 0 saturated heterocycles. The van der Waals surface area contributed by atoms with Gasteiger partial charge in [0.05, 0.1) is 8.07 Å². The maximum atomic E-state index is 4.71. The minimum atomic E-state index is -1.23. The molecule has 209 valence electrons. The van der Waals surface area contributed by atoms with Gasteiger partial charge in [-0.2, -0.15) is 0 Å². The molecule has 0 N–H and O–H groups in total. The Morgan fingerprint density at radius 3 is 2.05 bits per heavy atom. The van der Waals surface area contributed by atoms with Crippen LogP contribution in [0.4, 0.5) is 0 Å². The van der Waals surface area contributed by atoms with Crippen LogP contribution in [0.15, 0.2) is 128 Å². The molecule has 0 fully saturated rings. The van der Waals surface area contributed by atoms with Gasteiger partial charge in [-0.25, -0.2) is 0 Å². The van der Waals surface area contributed by atoms with Crippen LogP contribution in [0, 0.1) is 12.1 Å². The zero-order valence-electron chi connectivity index (χ0n) is 23.8. The van der Waals surface area contributed by atoms with Crippen molar-refractivity contribution >= 4 is 44.8 Å². The molecular formula is C37H30IrN2SSi-2. The molecule has 4 aromatic carbocycles. The summed E-state index contributed by atoms with van der Waals surface area (Å²) in [6.45, 7) is 7.00. The molecule has 0 bridgehead atoms. The van der Waals surface area contributed by atoms with Crippen molar-refractivity contribution in [2.45, 2.75) is 19.6 Å². The molecule has 0 spiro atoms. The first-order valence-electron chi connectivity index (χ1n) is 13.7. The third-order valence-electron chi connectivity index (χ3n) is 7.06. The van der Waals surface area contributed by atoms with E-state index in [4.69, 9.17) is 4.98 Å². The molecule has 1 radical (unpaired) electrons. The summed E-state index contributed by atoms with van der Waals surface area (Å²) in [5, 5.41) is 3.90. The van der Waals surface area contributed by atoms with Crippen LogP contribution in [0.2, 0.25) is 19.6 Å². The Labute approximate surface area is 266 Å². The third-order valence-corrected chi connectivity index (χ3v) is 10.2. The molecule has 0 amide bonds. The molecule has 0 saturated carbocycles. The minimum absolute atomic E-state index is 0. The fourth-order valence-corrected chi connectivity index (χ4v) is 6.89. The molecule has 0 aliphatic heterocycles. The van der Waals surface area contributed by atoms with Gasteiger partial charge in [0.15, 0.2) is 0 Å². The Hall–Kier alpha value is -3.73. The Kier molecular flexibility index (Phi) is 9.25. The second kappa shape index (κ2) is 13.1. The van der Waals surface area contributed by atoms with Crippen LogP contribution in [0.25, 0.3) is 53.8 Å². The van der Waals surface area contributed by atoms with Gasteiger partial charge in [0.2, 0.25) is 0 Å². The number of thiophene rings is 1. The van der Waals surface area contributed by atoms with E-state index in [2.05, 4.69) is 116 Å². The van der Waals surface area contributed by atoms with Crippen LogP contribution in [0.3, 0.4) is 0 Å². The van der Waals surface area contributed by atoms with Crippen molar-refractivity contribution in [1.29, 1.82) is 0 Å². The molecule has 5 heteroatoms. The van der Waals surface area contributed by atoms with Crippen LogP contribution in [-0.4, -0.2) is 18.0 Å². The molecule has 3 heterocycles. The number of pyridine rings is 2. The summed E-state index contributed by atoms with van der Waals surface area (Å²) in [4.78, 5) is 9.23. The van der Waals surface area contributed by atoms with E-state index in [1.807, 2.05) is 60.1 Å². The first kappa shape index (κ1) is 29.7. The van der Waals surface area contributed by atoms with Gasteiger partial charge in [-0.3, -0.25) is 0 Å². The SMILES string of the molecule is C[Si](C)(C)c1ccc(-c2[c-]cccc2)nc1.[Ir].[c-]1ccc(-c2ccccc2)cc1-c1cc2sc3ccccc3c2cn1. The fraction of sp³-hybridized carbons (Fsp3) is 0.0811. The van der Waals surface area contributed by atoms with Crippen LogP contribution < -0.4 is 5.19 Å². The van der Waals surface area contributed by atoms with Crippen molar-refractivity contribution in [2.24, 2.45) is 0 Å². The molecular weight excluding hydrogens is 725 g/mol. The number of benzene rings is 4. The van der Waals surface area contributed by atoms with E-state index in [1.54, 1.807) is 0 Å². The van der Waals surface area contributed by atoms with Crippen molar-refractivity contribution in [3.8, 4) is 33.6 Å². The van der Waals surface area contributed by atoms with Crippen molar-refractivity contribution < 1.29 is 20.1 Å². The summed E-state index contributed by atoms with van der Waals surface area (Å²) in [6.07, 6.45) is 4.01. The number of hydrogen-bond donors (Lipinski definition) is 0. The molecule has 0 aliphatic rings. The average Bonchev–Trinajstić information content (AvgIpc) is 3.40. The van der Waals surface area contributed by atoms with Crippen LogP contribution >= 0.6 is 11.3 Å². The van der Waals surface area contributed by atoms with Crippen molar-refractivity contribution in [3.05, 3.63) is 140 Å². The molecule has 2 nitrogen and oxygen atoms in total. The number of nitrogens with zero attached hydrogens (tertiary/aromatic N) is 2. The second-order valence-corrected chi connectivity index (χ2v) is 17.1. The Morgan fingerprint density at radius 2 is 1.31 bits per heavy atom. The Bertz CT molecular complexity index is 1910. The normalized spacial score (nSPS) is 11.0. The van der Waals surface area contributed by atoms with E-state index in [-0.39, 0.29) is 20.1 Å². The average molecular weight is 755 g/mol. The first-order chi connectivity index (χ1) is 20.0. The van der Waals surface area contributed by atoms with Gasteiger partial charge in [-0.1, -0.05) is 86.4 Å². The Morgan fingerprint density at radius 1 is 0.571 bits per heavy atom. The van der Waals surface area contributed by atoms with Crippen molar-refractivity contribution in [3.63, 3.8) is 0 Å². The van der Waals surface area contributed by atoms with Gasteiger partial charge in [0.25, 0.3) is 0 Å². The maximum absolute atomic E-state index is 4.71. The Balaban J connectivity index is 0.000000181. The molecule has 42 heavy (non-hydrogen) atoms. The molecule has 0 atom stereocenters. The van der Waals surface area contributed by atoms with E-state index in [9.17, 15) is 0 Å². The van der Waals surface area contributed by atoms with Crippen molar-refractivity contribution in [1.82, 2.24) is 9.97 Å². The smallest absolute Gasteiger partial charge is 0.0795 e. The van der Waals surface area contributed by atoms with Crippen LogP contribution in [-0.2, 0) is 20.1 Å². The van der Waals surface area contributed by atoms with Gasteiger partial charge < -0.3 is 9.97 Å². The van der Waals surface area contributed by atoms with E-state index in [0.29, 0.717) is 0 Å². The number of hydrogen-bond acceptors (Lipinski definition) is 3. The maximum Gasteiger partial charge on any atom is 0.0795 e. The number of aromatic nitrogens is 2. The number of fused-ring (bicyclic) bond motifs is 3. The molecule has 3 aromatic heterocycles. The molecule has 7 rings (SSSR count).